The molecule has 0 fully saturated rings. The molecule has 1 aromatic rings. The molecule has 0 unspecified atom stereocenters. The summed E-state index contributed by atoms with van der Waals surface area (Å²) in [5, 5.41) is 1.82. The van der Waals surface area contributed by atoms with Crippen molar-refractivity contribution in [1.82, 2.24) is 4.90 Å². The fourth-order valence-electron chi connectivity index (χ4n) is 1.51. The Morgan fingerprint density at radius 3 is 2.56 bits per heavy atom. The van der Waals surface area contributed by atoms with E-state index >= 15 is 0 Å². The van der Waals surface area contributed by atoms with E-state index in [2.05, 4.69) is 0 Å². The predicted molar refractivity (Wildman–Crippen MR) is 65.2 cm³/mol. The van der Waals surface area contributed by atoms with Crippen LogP contribution in [0.15, 0.2) is 11.4 Å². The van der Waals surface area contributed by atoms with Crippen molar-refractivity contribution in [2.24, 2.45) is 0 Å². The summed E-state index contributed by atoms with van der Waals surface area (Å²) in [6, 6.07) is 1.84. The van der Waals surface area contributed by atoms with Gasteiger partial charge in [0.25, 0.3) is 6.43 Å². The molecule has 1 aromatic heterocycles. The minimum Gasteiger partial charge on any atom is -0.292 e. The Hall–Kier alpha value is -0.600. The van der Waals surface area contributed by atoms with Gasteiger partial charge in [-0.2, -0.15) is 8.42 Å². The molecule has 1 heterocycles. The molecule has 0 aliphatic heterocycles. The van der Waals surface area contributed by atoms with Gasteiger partial charge in [-0.25, -0.2) is 8.78 Å². The van der Waals surface area contributed by atoms with E-state index in [1.165, 1.54) is 16.2 Å². The van der Waals surface area contributed by atoms with Gasteiger partial charge in [0, 0.05) is 18.0 Å². The first kappa shape index (κ1) is 15.5. The van der Waals surface area contributed by atoms with Crippen molar-refractivity contribution in [2.45, 2.75) is 19.9 Å². The zero-order valence-corrected chi connectivity index (χ0v) is 11.4. The van der Waals surface area contributed by atoms with Crippen molar-refractivity contribution in [1.29, 1.82) is 0 Å². The maximum atomic E-state index is 12.4. The second-order valence-electron chi connectivity index (χ2n) is 3.93. The predicted octanol–water partition coefficient (Wildman–Crippen LogP) is 2.42. The molecule has 3 nitrogen and oxygen atoms in total. The van der Waals surface area contributed by atoms with Gasteiger partial charge in [-0.1, -0.05) is 0 Å². The number of alkyl halides is 2. The van der Waals surface area contributed by atoms with Gasteiger partial charge in [0.1, 0.15) is 0 Å². The Morgan fingerprint density at radius 2 is 2.11 bits per heavy atom. The standard InChI is InChI=1S/C10H14F3NO2S2/c1-8-4-9(7-17-8)5-14(6-10(11)12)2-3-18(13,15)16/h4,7,10H,2-3,5-6H2,1H3. The largest absolute Gasteiger partial charge is 0.303 e. The molecule has 1 rings (SSSR count). The average molecular weight is 301 g/mol. The summed E-state index contributed by atoms with van der Waals surface area (Å²) in [5.41, 5.74) is 0.828. The van der Waals surface area contributed by atoms with E-state index in [1.807, 2.05) is 18.4 Å². The molecular weight excluding hydrogens is 287 g/mol. The van der Waals surface area contributed by atoms with Crippen molar-refractivity contribution in [3.8, 4) is 0 Å². The molecule has 0 aliphatic carbocycles. The lowest BCUT2D eigenvalue weighted by atomic mass is 10.3. The number of hydrogen-bond donors (Lipinski definition) is 0. The summed E-state index contributed by atoms with van der Waals surface area (Å²) < 4.78 is 57.8. The fourth-order valence-corrected chi connectivity index (χ4v) is 2.68. The van der Waals surface area contributed by atoms with E-state index in [4.69, 9.17) is 0 Å². The summed E-state index contributed by atoms with van der Waals surface area (Å²) in [5.74, 6) is -0.761. The molecule has 0 saturated carbocycles. The molecule has 0 bridgehead atoms. The van der Waals surface area contributed by atoms with Gasteiger partial charge in [0.2, 0.25) is 0 Å². The van der Waals surface area contributed by atoms with Crippen LogP contribution in [-0.4, -0.2) is 38.6 Å². The van der Waals surface area contributed by atoms with Crippen LogP contribution in [0.3, 0.4) is 0 Å². The molecule has 0 atom stereocenters. The smallest absolute Gasteiger partial charge is 0.292 e. The molecule has 0 aliphatic rings. The lowest BCUT2D eigenvalue weighted by Gasteiger charge is -2.20. The van der Waals surface area contributed by atoms with E-state index in [1.54, 1.807) is 0 Å². The van der Waals surface area contributed by atoms with E-state index in [9.17, 15) is 21.1 Å². The first-order chi connectivity index (χ1) is 8.26. The first-order valence-electron chi connectivity index (χ1n) is 5.23. The van der Waals surface area contributed by atoms with Gasteiger partial charge < -0.3 is 0 Å². The quantitative estimate of drug-likeness (QED) is 0.726. The van der Waals surface area contributed by atoms with E-state index in [0.29, 0.717) is 0 Å². The number of rotatable bonds is 7. The zero-order chi connectivity index (χ0) is 13.8. The topological polar surface area (TPSA) is 37.4 Å². The molecule has 8 heteroatoms. The van der Waals surface area contributed by atoms with Gasteiger partial charge in [0.05, 0.1) is 12.3 Å². The van der Waals surface area contributed by atoms with Crippen LogP contribution in [-0.2, 0) is 16.8 Å². The molecule has 0 radical (unpaired) electrons. The van der Waals surface area contributed by atoms with Crippen molar-refractivity contribution in [3.63, 3.8) is 0 Å². The lowest BCUT2D eigenvalue weighted by Crippen LogP contribution is -2.32. The van der Waals surface area contributed by atoms with Crippen LogP contribution < -0.4 is 0 Å². The van der Waals surface area contributed by atoms with E-state index in [-0.39, 0.29) is 13.1 Å². The summed E-state index contributed by atoms with van der Waals surface area (Å²) in [7, 11) is -4.63. The highest BCUT2D eigenvalue weighted by Gasteiger charge is 2.16. The van der Waals surface area contributed by atoms with Crippen LogP contribution in [0, 0.1) is 6.92 Å². The third-order valence-electron chi connectivity index (χ3n) is 2.24. The summed E-state index contributed by atoms with van der Waals surface area (Å²) in [6.07, 6.45) is -2.58. The SMILES string of the molecule is Cc1cc(CN(CCS(=O)(=O)F)CC(F)F)cs1. The number of nitrogens with zero attached hydrogens (tertiary/aromatic N) is 1. The highest BCUT2D eigenvalue weighted by atomic mass is 32.3. The molecule has 0 spiro atoms. The molecule has 18 heavy (non-hydrogen) atoms. The summed E-state index contributed by atoms with van der Waals surface area (Å²) >= 11 is 1.48. The van der Waals surface area contributed by atoms with Gasteiger partial charge in [-0.3, -0.25) is 4.90 Å². The molecule has 104 valence electrons. The Kier molecular flexibility index (Phi) is 5.61. The minimum absolute atomic E-state index is 0.199. The first-order valence-corrected chi connectivity index (χ1v) is 7.66. The van der Waals surface area contributed by atoms with E-state index in [0.717, 1.165) is 10.4 Å². The van der Waals surface area contributed by atoms with Crippen LogP contribution in [0.1, 0.15) is 10.4 Å². The van der Waals surface area contributed by atoms with Crippen molar-refractivity contribution in [2.75, 3.05) is 18.8 Å². The molecule has 0 aromatic carbocycles. The number of aryl methyl sites for hydroxylation is 1. The maximum absolute atomic E-state index is 12.4. The van der Waals surface area contributed by atoms with Gasteiger partial charge >= 0.3 is 10.2 Å². The maximum Gasteiger partial charge on any atom is 0.303 e. The monoisotopic (exact) mass is 301 g/mol. The van der Waals surface area contributed by atoms with Crippen LogP contribution in [0.5, 0.6) is 0 Å². The van der Waals surface area contributed by atoms with Crippen molar-refractivity contribution in [3.05, 3.63) is 21.9 Å². The second kappa shape index (κ2) is 6.53. The van der Waals surface area contributed by atoms with Crippen LogP contribution in [0.4, 0.5) is 12.7 Å². The number of thiophene rings is 1. The highest BCUT2D eigenvalue weighted by molar-refractivity contribution is 7.86. The van der Waals surface area contributed by atoms with Gasteiger partial charge in [0.15, 0.2) is 0 Å². The number of hydrogen-bond acceptors (Lipinski definition) is 4. The molecular formula is C10H14F3NO2S2. The Balaban J connectivity index is 2.60. The Morgan fingerprint density at radius 1 is 1.44 bits per heavy atom. The summed E-state index contributed by atoms with van der Waals surface area (Å²) in [4.78, 5) is 2.28. The van der Waals surface area contributed by atoms with Crippen LogP contribution in [0.25, 0.3) is 0 Å². The second-order valence-corrected chi connectivity index (χ2v) is 6.54. The van der Waals surface area contributed by atoms with Gasteiger partial charge in [-0.15, -0.1) is 15.2 Å². The Bertz CT molecular complexity index is 473. The third kappa shape index (κ3) is 6.36. The van der Waals surface area contributed by atoms with Crippen LogP contribution >= 0.6 is 11.3 Å². The summed E-state index contributed by atoms with van der Waals surface area (Å²) in [6.45, 7) is 1.28. The van der Waals surface area contributed by atoms with Crippen molar-refractivity contribution >= 4 is 21.6 Å². The molecule has 0 N–H and O–H groups in total. The highest BCUT2D eigenvalue weighted by Crippen LogP contribution is 2.15. The molecule has 0 saturated heterocycles. The minimum atomic E-state index is -4.63. The van der Waals surface area contributed by atoms with Crippen molar-refractivity contribution < 1.29 is 21.1 Å². The van der Waals surface area contributed by atoms with Crippen LogP contribution in [0.2, 0.25) is 0 Å². The Labute approximate surface area is 108 Å². The number of halogens is 3. The van der Waals surface area contributed by atoms with E-state index < -0.39 is 28.9 Å². The average Bonchev–Trinajstić information content (AvgIpc) is 2.58. The third-order valence-corrected chi connectivity index (χ3v) is 3.82. The van der Waals surface area contributed by atoms with Gasteiger partial charge in [-0.05, 0) is 23.9 Å². The normalized spacial score (nSPS) is 12.6. The lowest BCUT2D eigenvalue weighted by molar-refractivity contribution is 0.0877. The molecule has 0 amide bonds. The zero-order valence-electron chi connectivity index (χ0n) is 9.77. The fraction of sp³-hybridized carbons (Fsp3) is 0.600.